The molecule has 0 spiro atoms. The van der Waals surface area contributed by atoms with Crippen molar-refractivity contribution in [2.24, 2.45) is 0 Å². The Bertz CT molecular complexity index is 841. The lowest BCUT2D eigenvalue weighted by Crippen LogP contribution is -2.35. The Labute approximate surface area is 175 Å². The number of hydrogen-bond acceptors (Lipinski definition) is 5. The van der Waals surface area contributed by atoms with Gasteiger partial charge in [0.05, 0.1) is 16.5 Å². The number of carbonyl (C=O) groups is 2. The van der Waals surface area contributed by atoms with Crippen LogP contribution in [0.2, 0.25) is 0 Å². The Morgan fingerprint density at radius 3 is 2.69 bits per heavy atom. The van der Waals surface area contributed by atoms with Crippen LogP contribution in [0.4, 0.5) is 11.4 Å². The Kier molecular flexibility index (Phi) is 6.46. The van der Waals surface area contributed by atoms with Crippen LogP contribution in [-0.2, 0) is 4.74 Å². The van der Waals surface area contributed by atoms with Crippen LogP contribution in [0.25, 0.3) is 0 Å². The van der Waals surface area contributed by atoms with Gasteiger partial charge in [-0.15, -0.1) is 11.3 Å². The number of rotatable bonds is 6. The maximum Gasteiger partial charge on any atom is 0.265 e. The van der Waals surface area contributed by atoms with E-state index in [4.69, 9.17) is 4.74 Å². The van der Waals surface area contributed by atoms with E-state index in [1.165, 1.54) is 17.8 Å². The zero-order chi connectivity index (χ0) is 20.1. The predicted octanol–water partition coefficient (Wildman–Crippen LogP) is 3.90. The molecule has 0 aliphatic carbocycles. The number of piperidine rings is 1. The summed E-state index contributed by atoms with van der Waals surface area (Å²) in [6, 6.07) is 9.27. The van der Waals surface area contributed by atoms with Crippen molar-refractivity contribution in [2.75, 3.05) is 36.5 Å². The zero-order valence-electron chi connectivity index (χ0n) is 16.5. The van der Waals surface area contributed by atoms with Crippen LogP contribution >= 0.6 is 11.3 Å². The highest BCUT2D eigenvalue weighted by atomic mass is 32.1. The molecule has 2 aliphatic heterocycles. The monoisotopic (exact) mass is 413 g/mol. The molecule has 2 fully saturated rings. The molecular weight excluding hydrogens is 386 g/mol. The van der Waals surface area contributed by atoms with Crippen molar-refractivity contribution in [3.8, 4) is 0 Å². The molecule has 2 aromatic rings. The van der Waals surface area contributed by atoms with E-state index in [0.29, 0.717) is 22.7 Å². The first-order valence-electron chi connectivity index (χ1n) is 10.3. The van der Waals surface area contributed by atoms with E-state index in [2.05, 4.69) is 15.5 Å². The predicted molar refractivity (Wildman–Crippen MR) is 116 cm³/mol. The Morgan fingerprint density at radius 1 is 1.10 bits per heavy atom. The van der Waals surface area contributed by atoms with Crippen LogP contribution in [-0.4, -0.2) is 44.2 Å². The van der Waals surface area contributed by atoms with Gasteiger partial charge in [0.15, 0.2) is 0 Å². The van der Waals surface area contributed by atoms with E-state index in [1.807, 2.05) is 23.6 Å². The summed E-state index contributed by atoms with van der Waals surface area (Å²) < 4.78 is 5.62. The fourth-order valence-electron chi connectivity index (χ4n) is 3.91. The van der Waals surface area contributed by atoms with E-state index in [9.17, 15) is 9.59 Å². The molecule has 154 valence electrons. The molecule has 0 saturated carbocycles. The minimum Gasteiger partial charge on any atom is -0.376 e. The van der Waals surface area contributed by atoms with Crippen molar-refractivity contribution in [1.29, 1.82) is 0 Å². The number of amides is 2. The molecule has 1 atom stereocenters. The number of hydrogen-bond donors (Lipinski definition) is 2. The summed E-state index contributed by atoms with van der Waals surface area (Å²) in [5.41, 5.74) is 2.17. The van der Waals surface area contributed by atoms with Gasteiger partial charge in [-0.1, -0.05) is 6.07 Å². The quantitative estimate of drug-likeness (QED) is 0.754. The fraction of sp³-hybridized carbons (Fsp3) is 0.455. The molecule has 0 bridgehead atoms. The number of anilines is 2. The first-order valence-corrected chi connectivity index (χ1v) is 11.2. The molecule has 0 radical (unpaired) electrons. The smallest absolute Gasteiger partial charge is 0.265 e. The van der Waals surface area contributed by atoms with E-state index >= 15 is 0 Å². The average molecular weight is 414 g/mol. The minimum atomic E-state index is -0.156. The van der Waals surface area contributed by atoms with Crippen LogP contribution in [0, 0.1) is 0 Å². The van der Waals surface area contributed by atoms with Gasteiger partial charge in [0.1, 0.15) is 0 Å². The lowest BCUT2D eigenvalue weighted by molar-refractivity contribution is 0.0858. The lowest BCUT2D eigenvalue weighted by Gasteiger charge is -2.30. The summed E-state index contributed by atoms with van der Waals surface area (Å²) in [5, 5.41) is 7.82. The van der Waals surface area contributed by atoms with Crippen LogP contribution in [0.3, 0.4) is 0 Å². The van der Waals surface area contributed by atoms with Gasteiger partial charge >= 0.3 is 0 Å². The van der Waals surface area contributed by atoms with Gasteiger partial charge < -0.3 is 20.3 Å². The molecule has 7 heteroatoms. The summed E-state index contributed by atoms with van der Waals surface area (Å²) in [6.07, 6.45) is 5.62. The van der Waals surface area contributed by atoms with Gasteiger partial charge in [0.2, 0.25) is 0 Å². The highest BCUT2D eigenvalue weighted by Crippen LogP contribution is 2.28. The lowest BCUT2D eigenvalue weighted by atomic mass is 10.1. The van der Waals surface area contributed by atoms with E-state index in [1.54, 1.807) is 12.1 Å². The highest BCUT2D eigenvalue weighted by Gasteiger charge is 2.22. The summed E-state index contributed by atoms with van der Waals surface area (Å²) in [7, 11) is 0. The fourth-order valence-corrected chi connectivity index (χ4v) is 4.53. The zero-order valence-corrected chi connectivity index (χ0v) is 17.3. The topological polar surface area (TPSA) is 70.7 Å². The van der Waals surface area contributed by atoms with Crippen molar-refractivity contribution < 1.29 is 14.3 Å². The number of thiophene rings is 1. The number of nitrogens with one attached hydrogen (secondary N) is 2. The third kappa shape index (κ3) is 4.97. The molecule has 1 aromatic carbocycles. The van der Waals surface area contributed by atoms with Gasteiger partial charge in [0, 0.05) is 37.6 Å². The summed E-state index contributed by atoms with van der Waals surface area (Å²) in [6.45, 7) is 3.19. The molecule has 2 aliphatic rings. The number of benzene rings is 1. The molecule has 2 saturated heterocycles. The molecule has 6 nitrogen and oxygen atoms in total. The Hall–Kier alpha value is -2.38. The normalized spacial score (nSPS) is 19.2. The van der Waals surface area contributed by atoms with Crippen molar-refractivity contribution in [2.45, 2.75) is 38.2 Å². The molecule has 2 N–H and O–H groups in total. The first-order chi connectivity index (χ1) is 14.2. The van der Waals surface area contributed by atoms with Crippen LogP contribution < -0.4 is 15.5 Å². The third-order valence-corrected chi connectivity index (χ3v) is 6.32. The van der Waals surface area contributed by atoms with Crippen molar-refractivity contribution in [3.05, 3.63) is 46.2 Å². The Balaban J connectivity index is 1.53. The summed E-state index contributed by atoms with van der Waals surface area (Å²) >= 11 is 1.40. The Morgan fingerprint density at radius 2 is 1.97 bits per heavy atom. The van der Waals surface area contributed by atoms with Gasteiger partial charge in [-0.05, 0) is 61.7 Å². The molecule has 3 heterocycles. The first kappa shape index (κ1) is 19.9. The van der Waals surface area contributed by atoms with Gasteiger partial charge in [-0.25, -0.2) is 0 Å². The number of nitrogens with zero attached hydrogens (tertiary/aromatic N) is 1. The maximum atomic E-state index is 13.0. The molecule has 1 aromatic heterocycles. The average Bonchev–Trinajstić information content (AvgIpc) is 3.47. The maximum absolute atomic E-state index is 13.0. The van der Waals surface area contributed by atoms with Crippen molar-refractivity contribution in [1.82, 2.24) is 5.32 Å². The highest BCUT2D eigenvalue weighted by molar-refractivity contribution is 7.12. The summed E-state index contributed by atoms with van der Waals surface area (Å²) in [4.78, 5) is 28.4. The SMILES string of the molecule is O=C(Nc1ccc(N2CCCCC2)c(C(=O)NCC2CCCO2)c1)c1cccs1. The van der Waals surface area contributed by atoms with Crippen LogP contribution in [0.5, 0.6) is 0 Å². The van der Waals surface area contributed by atoms with E-state index in [-0.39, 0.29) is 17.9 Å². The second kappa shape index (κ2) is 9.41. The summed E-state index contributed by atoms with van der Waals surface area (Å²) in [5.74, 6) is -0.273. The molecule has 1 unspecified atom stereocenters. The standard InChI is InChI=1S/C22H27N3O3S/c26-21(23-15-17-6-4-12-28-17)18-14-16(24-22(27)20-7-5-13-29-20)8-9-19(18)25-10-2-1-3-11-25/h5,7-9,13-14,17H,1-4,6,10-12,15H2,(H,23,26)(H,24,27). The number of carbonyl (C=O) groups excluding carboxylic acids is 2. The molecule has 2 amide bonds. The molecule has 4 rings (SSSR count). The largest absolute Gasteiger partial charge is 0.376 e. The van der Waals surface area contributed by atoms with Gasteiger partial charge in [-0.3, -0.25) is 9.59 Å². The van der Waals surface area contributed by atoms with Crippen LogP contribution in [0.1, 0.15) is 52.1 Å². The minimum absolute atomic E-state index is 0.0964. The van der Waals surface area contributed by atoms with E-state index in [0.717, 1.165) is 51.1 Å². The second-order valence-corrected chi connectivity index (χ2v) is 8.50. The second-order valence-electron chi connectivity index (χ2n) is 7.56. The number of ether oxygens (including phenoxy) is 1. The van der Waals surface area contributed by atoms with E-state index < -0.39 is 0 Å². The molecule has 29 heavy (non-hydrogen) atoms. The van der Waals surface area contributed by atoms with Crippen LogP contribution in [0.15, 0.2) is 35.7 Å². The van der Waals surface area contributed by atoms with Gasteiger partial charge in [0.25, 0.3) is 11.8 Å². The molecular formula is C22H27N3O3S. The van der Waals surface area contributed by atoms with Gasteiger partial charge in [-0.2, -0.15) is 0 Å². The van der Waals surface area contributed by atoms with Crippen molar-refractivity contribution in [3.63, 3.8) is 0 Å². The van der Waals surface area contributed by atoms with Crippen molar-refractivity contribution >= 4 is 34.5 Å². The third-order valence-electron chi connectivity index (χ3n) is 5.46.